The minimum atomic E-state index is -0.227. The maximum Gasteiger partial charge on any atom is 0.165 e. The zero-order valence-electron chi connectivity index (χ0n) is 27.2. The van der Waals surface area contributed by atoms with E-state index in [2.05, 4.69) is 24.4 Å². The number of aliphatic imine (C=N–C) groups is 1. The van der Waals surface area contributed by atoms with Crippen molar-refractivity contribution in [3.05, 3.63) is 80.5 Å². The Hall–Kier alpha value is -2.57. The Bertz CT molecular complexity index is 1320. The summed E-state index contributed by atoms with van der Waals surface area (Å²) in [6.45, 7) is 15.1. The molecule has 13 heteroatoms. The van der Waals surface area contributed by atoms with Gasteiger partial charge in [-0.25, -0.2) is 0 Å². The summed E-state index contributed by atoms with van der Waals surface area (Å²) in [5.41, 5.74) is 8.84. The van der Waals surface area contributed by atoms with Crippen molar-refractivity contribution in [1.29, 1.82) is 0 Å². The third kappa shape index (κ3) is 13.7. The molecule has 2 aromatic carbocycles. The molecule has 0 spiro atoms. The molecule has 0 saturated heterocycles. The van der Waals surface area contributed by atoms with Crippen molar-refractivity contribution < 1.29 is 59.7 Å². The maximum absolute atomic E-state index is 12.7. The second-order valence-corrected chi connectivity index (χ2v) is 10.9. The summed E-state index contributed by atoms with van der Waals surface area (Å²) in [5, 5.41) is 14.6. The molecule has 0 unspecified atom stereocenters. The molecule has 3 rings (SSSR count). The van der Waals surface area contributed by atoms with Crippen molar-refractivity contribution in [1.82, 2.24) is 5.32 Å². The Kier molecular flexibility index (Phi) is 29.8. The average molecular weight is 809 g/mol. The van der Waals surface area contributed by atoms with Crippen LogP contribution in [0.15, 0.2) is 41.0 Å². The van der Waals surface area contributed by atoms with Crippen molar-refractivity contribution in [2.45, 2.75) is 93.2 Å². The van der Waals surface area contributed by atoms with E-state index in [1.54, 1.807) is 13.1 Å². The molecule has 0 aromatic heterocycles. The number of hydrogen-bond acceptors (Lipinski definition) is 5. The van der Waals surface area contributed by atoms with E-state index in [0.29, 0.717) is 11.1 Å². The van der Waals surface area contributed by atoms with Gasteiger partial charge in [-0.3, -0.25) is 14.6 Å². The molecule has 0 heterocycles. The molecule has 0 aliphatic heterocycles. The summed E-state index contributed by atoms with van der Waals surface area (Å²) in [5.74, 6) is -0.241. The Morgan fingerprint density at radius 2 is 1.15 bits per heavy atom. The second kappa shape index (κ2) is 24.6. The van der Waals surface area contributed by atoms with Crippen LogP contribution < -0.4 is 33.5 Å². The van der Waals surface area contributed by atoms with E-state index < -0.39 is 0 Å². The summed E-state index contributed by atoms with van der Waals surface area (Å²) in [6, 6.07) is 8.17. The number of nitrogens with one attached hydrogen (secondary N) is 1. The minimum Gasteiger partial charge on any atom is -1.00 e. The Labute approximate surface area is 296 Å². The summed E-state index contributed by atoms with van der Waals surface area (Å²) >= 11 is 0. The van der Waals surface area contributed by atoms with Crippen molar-refractivity contribution in [2.24, 2.45) is 4.99 Å². The van der Waals surface area contributed by atoms with Crippen LogP contribution in [0.3, 0.4) is 0 Å². The number of ketones is 2. The first-order valence-electron chi connectivity index (χ1n) is 13.5. The first-order chi connectivity index (χ1) is 17.9. The smallest absolute Gasteiger partial charge is 0.165 e. The van der Waals surface area contributed by atoms with Gasteiger partial charge in [0, 0.05) is 70.8 Å². The van der Waals surface area contributed by atoms with Gasteiger partial charge in [0.25, 0.3) is 0 Å². The number of carbonyl (C=O) groups excluding carboxylic acids is 2. The van der Waals surface area contributed by atoms with E-state index in [1.807, 2.05) is 53.0 Å². The van der Waals surface area contributed by atoms with Crippen LogP contribution in [0, 0.1) is 41.5 Å². The predicted molar refractivity (Wildman–Crippen MR) is 164 cm³/mol. The quantitative estimate of drug-likeness (QED) is 0.0915. The van der Waals surface area contributed by atoms with Crippen LogP contribution in [0.5, 0.6) is 0 Å². The van der Waals surface area contributed by atoms with Gasteiger partial charge < -0.3 is 38.6 Å². The van der Waals surface area contributed by atoms with Gasteiger partial charge in [-0.05, 0) is 96.0 Å². The average Bonchev–Trinajstić information content (AvgIpc) is 2.80. The number of hydrogen-bond donors (Lipinski definition) is 2. The van der Waals surface area contributed by atoms with E-state index in [-0.39, 0.29) is 104 Å². The number of rotatable bonds is 8. The molecule has 0 bridgehead atoms. The first kappa shape index (κ1) is 55.8. The van der Waals surface area contributed by atoms with Gasteiger partial charge in [0.1, 0.15) is 5.76 Å². The largest absolute Gasteiger partial charge is 1.00 e. The molecule has 5 nitrogen and oxygen atoms in total. The molecule has 4 radical (unpaired) electrons. The molecular weight excluding hydrogens is 767 g/mol. The van der Waals surface area contributed by atoms with Crippen molar-refractivity contribution in [3.8, 4) is 0 Å². The van der Waals surface area contributed by atoms with E-state index in [4.69, 9.17) is 4.99 Å². The molecule has 46 heavy (non-hydrogen) atoms. The second-order valence-electron chi connectivity index (χ2n) is 10.9. The van der Waals surface area contributed by atoms with Crippen molar-refractivity contribution in [2.75, 3.05) is 0 Å². The normalized spacial score (nSPS) is 15.6. The molecule has 1 fully saturated rings. The van der Waals surface area contributed by atoms with Crippen LogP contribution in [0.2, 0.25) is 0 Å². The predicted octanol–water partition coefficient (Wildman–Crippen LogP) is -11.4. The van der Waals surface area contributed by atoms with E-state index >= 15 is 0 Å². The molecule has 1 aliphatic carbocycles. The Balaban J connectivity index is -0.000000500. The van der Waals surface area contributed by atoms with Gasteiger partial charge in [-0.2, -0.15) is 0 Å². The molecular formula is C33H42CoF6N2O3Sb-6. The number of nitrogens with zero attached hydrogens (tertiary/aromatic N) is 1. The number of halogens is 6. The molecule has 1 aliphatic rings. The number of aliphatic hydroxyl groups is 1. The first-order valence-corrected chi connectivity index (χ1v) is 13.5. The SMILES string of the molecule is CC(=O)/C(=C\N[C@@H]1CCCC[C@H]1N=C/C(C(C)=O)=C(/O)c1c(C)cc(C)cc1C)c1c(C)cc(C)cc1C.[Co].[F-].[F-].[F-].[F-].[F-].[F-].[Sb]. The van der Waals surface area contributed by atoms with Gasteiger partial charge in [-0.1, -0.05) is 48.2 Å². The number of allylic oxidation sites excluding steroid dienone is 2. The molecule has 1 saturated carbocycles. The third-order valence-electron chi connectivity index (χ3n) is 7.44. The van der Waals surface area contributed by atoms with Gasteiger partial charge in [0.15, 0.2) is 11.6 Å². The van der Waals surface area contributed by atoms with Crippen LogP contribution in [0.1, 0.15) is 84.0 Å². The number of carbonyl (C=O) groups is 2. The van der Waals surface area contributed by atoms with E-state index in [1.165, 1.54) is 12.5 Å². The summed E-state index contributed by atoms with van der Waals surface area (Å²) in [7, 11) is 0. The van der Waals surface area contributed by atoms with E-state index in [0.717, 1.165) is 59.1 Å². The van der Waals surface area contributed by atoms with Crippen molar-refractivity contribution >= 4 is 53.5 Å². The Morgan fingerprint density at radius 3 is 1.57 bits per heavy atom. The molecule has 264 valence electrons. The fraction of sp³-hybridized carbons (Fsp3) is 0.424. The third-order valence-corrected chi connectivity index (χ3v) is 7.44. The fourth-order valence-corrected chi connectivity index (χ4v) is 5.81. The molecule has 2 atom stereocenters. The molecule has 2 aromatic rings. The number of benzene rings is 2. The van der Waals surface area contributed by atoms with Gasteiger partial charge in [-0.15, -0.1) is 0 Å². The topological polar surface area (TPSA) is 78.8 Å². The monoisotopic (exact) mass is 808 g/mol. The van der Waals surface area contributed by atoms with E-state index in [9.17, 15) is 14.7 Å². The summed E-state index contributed by atoms with van der Waals surface area (Å²) in [4.78, 5) is 30.0. The van der Waals surface area contributed by atoms with Gasteiger partial charge in [0.05, 0.1) is 11.6 Å². The summed E-state index contributed by atoms with van der Waals surface area (Å²) < 4.78 is 0. The Morgan fingerprint density at radius 1 is 0.739 bits per heavy atom. The molecule has 0 amide bonds. The number of Topliss-reactive ketones (excluding diaryl/α,β-unsaturated/α-hetero) is 2. The number of aryl methyl sites for hydroxylation is 6. The van der Waals surface area contributed by atoms with Crippen LogP contribution in [-0.2, 0) is 26.4 Å². The van der Waals surface area contributed by atoms with Gasteiger partial charge in [0.2, 0.25) is 0 Å². The summed E-state index contributed by atoms with van der Waals surface area (Å²) in [6.07, 6.45) is 7.29. The maximum atomic E-state index is 12.7. The van der Waals surface area contributed by atoms with Gasteiger partial charge >= 0.3 is 0 Å². The number of aliphatic hydroxyl groups excluding tert-OH is 1. The van der Waals surface area contributed by atoms with Crippen LogP contribution in [-0.4, -0.2) is 59.4 Å². The minimum absolute atomic E-state index is 0. The fourth-order valence-electron chi connectivity index (χ4n) is 5.81. The zero-order valence-corrected chi connectivity index (χ0v) is 30.8. The van der Waals surface area contributed by atoms with Crippen molar-refractivity contribution in [3.63, 3.8) is 0 Å². The standard InChI is InChI=1S/C33H42N2O3.Co.6FH.Sb/c1-19-13-21(3)31(22(4)14-19)27(25(7)36)17-34-29-11-9-10-12-30(29)35-18-28(26(8)37)33(38)32-23(5)15-20(2)16-24(32)6;;;;;;;;/h13-18,29-30,34,38H,9-12H2,1-8H3;;6*1H;/p-6/b27-17+,33-28-,35-18?;;;;;;;;/t29-,30-;;;;;;;;/m1......../s1. The van der Waals surface area contributed by atoms with Crippen LogP contribution in [0.4, 0.5) is 0 Å². The van der Waals surface area contributed by atoms with Crippen LogP contribution in [0.25, 0.3) is 11.3 Å². The zero-order chi connectivity index (χ0) is 28.1. The molecule has 2 N–H and O–H groups in total. The van der Waals surface area contributed by atoms with Crippen LogP contribution >= 0.6 is 0 Å².